The summed E-state index contributed by atoms with van der Waals surface area (Å²) in [6.45, 7) is 4.09. The third-order valence-corrected chi connectivity index (χ3v) is 4.57. The molecule has 0 amide bonds. The number of likely N-dealkylation sites (tertiary alicyclic amines) is 1. The van der Waals surface area contributed by atoms with E-state index in [0.29, 0.717) is 11.7 Å². The summed E-state index contributed by atoms with van der Waals surface area (Å²) >= 11 is 0. The van der Waals surface area contributed by atoms with E-state index >= 15 is 0 Å². The van der Waals surface area contributed by atoms with Gasteiger partial charge in [0.25, 0.3) is 0 Å². The van der Waals surface area contributed by atoms with Gasteiger partial charge in [0.2, 0.25) is 0 Å². The van der Waals surface area contributed by atoms with Crippen molar-refractivity contribution in [3.8, 4) is 0 Å². The molecule has 0 saturated carbocycles. The number of aromatic nitrogens is 1. The lowest BCUT2D eigenvalue weighted by molar-refractivity contribution is 0.256. The predicted molar refractivity (Wildman–Crippen MR) is 87.9 cm³/mol. The minimum atomic E-state index is 0.389. The summed E-state index contributed by atoms with van der Waals surface area (Å²) in [6.07, 6.45) is 7.32. The molecule has 1 aromatic heterocycles. The number of rotatable bonds is 3. The van der Waals surface area contributed by atoms with Crippen LogP contribution in [0.25, 0.3) is 10.9 Å². The molecule has 1 aromatic carbocycles. The molecule has 3 heteroatoms. The molecule has 3 nitrogen and oxygen atoms in total. The quantitative estimate of drug-likeness (QED) is 0.837. The van der Waals surface area contributed by atoms with E-state index in [4.69, 9.17) is 0 Å². The SMILES string of the molecule is CC(O)=CCc1ccc2[nH]cc(C3CCN(C)CC3)c2c1. The van der Waals surface area contributed by atoms with Crippen molar-refractivity contribution < 1.29 is 5.11 Å². The first-order chi connectivity index (χ1) is 10.1. The van der Waals surface area contributed by atoms with Crippen LogP contribution >= 0.6 is 0 Å². The van der Waals surface area contributed by atoms with Crippen molar-refractivity contribution in [2.45, 2.75) is 32.1 Å². The van der Waals surface area contributed by atoms with Gasteiger partial charge in [0, 0.05) is 17.1 Å². The van der Waals surface area contributed by atoms with Crippen LogP contribution in [0.5, 0.6) is 0 Å². The van der Waals surface area contributed by atoms with Crippen molar-refractivity contribution in [3.63, 3.8) is 0 Å². The largest absolute Gasteiger partial charge is 0.513 e. The number of fused-ring (bicyclic) bond motifs is 1. The van der Waals surface area contributed by atoms with Crippen LogP contribution in [0, 0.1) is 0 Å². The van der Waals surface area contributed by atoms with Gasteiger partial charge >= 0.3 is 0 Å². The van der Waals surface area contributed by atoms with Crippen LogP contribution in [0.15, 0.2) is 36.2 Å². The fourth-order valence-corrected chi connectivity index (χ4v) is 3.24. The lowest BCUT2D eigenvalue weighted by atomic mass is 9.89. The number of aromatic amines is 1. The van der Waals surface area contributed by atoms with Gasteiger partial charge in [0.15, 0.2) is 0 Å². The second-order valence-corrected chi connectivity index (χ2v) is 6.25. The van der Waals surface area contributed by atoms with E-state index in [2.05, 4.69) is 41.3 Å². The Balaban J connectivity index is 1.89. The summed E-state index contributed by atoms with van der Waals surface area (Å²) in [5.74, 6) is 1.06. The van der Waals surface area contributed by atoms with Crippen LogP contribution in [0.2, 0.25) is 0 Å². The zero-order chi connectivity index (χ0) is 14.8. The Kier molecular flexibility index (Phi) is 4.02. The molecule has 1 fully saturated rings. The Morgan fingerprint density at radius 3 is 2.86 bits per heavy atom. The topological polar surface area (TPSA) is 39.3 Å². The van der Waals surface area contributed by atoms with E-state index in [1.807, 2.05) is 6.08 Å². The number of aliphatic hydroxyl groups is 1. The highest BCUT2D eigenvalue weighted by molar-refractivity contribution is 5.84. The molecule has 21 heavy (non-hydrogen) atoms. The monoisotopic (exact) mass is 284 g/mol. The number of piperidine rings is 1. The van der Waals surface area contributed by atoms with Crippen LogP contribution in [-0.2, 0) is 6.42 Å². The van der Waals surface area contributed by atoms with E-state index in [1.54, 1.807) is 6.92 Å². The number of benzene rings is 1. The van der Waals surface area contributed by atoms with Gasteiger partial charge in [-0.1, -0.05) is 6.07 Å². The van der Waals surface area contributed by atoms with E-state index in [-0.39, 0.29) is 0 Å². The van der Waals surface area contributed by atoms with Crippen molar-refractivity contribution in [3.05, 3.63) is 47.4 Å². The summed E-state index contributed by atoms with van der Waals surface area (Å²) < 4.78 is 0. The van der Waals surface area contributed by atoms with Gasteiger partial charge in [-0.25, -0.2) is 0 Å². The molecule has 1 saturated heterocycles. The van der Waals surface area contributed by atoms with Crippen molar-refractivity contribution in [1.29, 1.82) is 0 Å². The number of allylic oxidation sites excluding steroid dienone is 2. The average Bonchev–Trinajstić information content (AvgIpc) is 2.89. The van der Waals surface area contributed by atoms with Gasteiger partial charge in [-0.3, -0.25) is 0 Å². The molecule has 0 spiro atoms. The Bertz CT molecular complexity index is 644. The minimum absolute atomic E-state index is 0.389. The van der Waals surface area contributed by atoms with Gasteiger partial charge in [0.05, 0.1) is 5.76 Å². The predicted octanol–water partition coefficient (Wildman–Crippen LogP) is 3.98. The maximum Gasteiger partial charge on any atom is 0.0855 e. The summed E-state index contributed by atoms with van der Waals surface area (Å²) in [5.41, 5.74) is 3.94. The molecular formula is C18H24N2O. The summed E-state index contributed by atoms with van der Waals surface area (Å²) in [4.78, 5) is 5.82. The van der Waals surface area contributed by atoms with Crippen LogP contribution in [-0.4, -0.2) is 35.1 Å². The highest BCUT2D eigenvalue weighted by Crippen LogP contribution is 2.33. The van der Waals surface area contributed by atoms with Crippen molar-refractivity contribution in [1.82, 2.24) is 9.88 Å². The zero-order valence-electron chi connectivity index (χ0n) is 12.9. The Morgan fingerprint density at radius 1 is 1.38 bits per heavy atom. The maximum absolute atomic E-state index is 9.32. The first kappa shape index (κ1) is 14.2. The number of hydrogen-bond donors (Lipinski definition) is 2. The second kappa shape index (κ2) is 5.94. The van der Waals surface area contributed by atoms with Crippen molar-refractivity contribution in [2.75, 3.05) is 20.1 Å². The van der Waals surface area contributed by atoms with Crippen molar-refractivity contribution >= 4 is 10.9 Å². The molecular weight excluding hydrogens is 260 g/mol. The smallest absolute Gasteiger partial charge is 0.0855 e. The summed E-state index contributed by atoms with van der Waals surface area (Å²) in [7, 11) is 2.20. The zero-order valence-corrected chi connectivity index (χ0v) is 12.9. The highest BCUT2D eigenvalue weighted by atomic mass is 16.3. The van der Waals surface area contributed by atoms with E-state index in [9.17, 15) is 5.11 Å². The van der Waals surface area contributed by atoms with Crippen LogP contribution in [0.3, 0.4) is 0 Å². The van der Waals surface area contributed by atoms with E-state index in [0.717, 1.165) is 6.42 Å². The van der Waals surface area contributed by atoms with E-state index < -0.39 is 0 Å². The molecule has 0 unspecified atom stereocenters. The Hall–Kier alpha value is -1.74. The molecule has 2 N–H and O–H groups in total. The number of H-pyrrole nitrogens is 1. The van der Waals surface area contributed by atoms with Crippen LogP contribution < -0.4 is 0 Å². The molecule has 2 heterocycles. The maximum atomic E-state index is 9.32. The lowest BCUT2D eigenvalue weighted by Gasteiger charge is -2.28. The average molecular weight is 284 g/mol. The number of nitrogens with one attached hydrogen (secondary N) is 1. The minimum Gasteiger partial charge on any atom is -0.513 e. The molecule has 0 aliphatic carbocycles. The highest BCUT2D eigenvalue weighted by Gasteiger charge is 2.20. The van der Waals surface area contributed by atoms with Gasteiger partial charge < -0.3 is 15.0 Å². The fourth-order valence-electron chi connectivity index (χ4n) is 3.24. The Morgan fingerprint density at radius 2 is 2.14 bits per heavy atom. The first-order valence-electron chi connectivity index (χ1n) is 7.77. The fraction of sp³-hybridized carbons (Fsp3) is 0.444. The first-order valence-corrected chi connectivity index (χ1v) is 7.77. The molecule has 0 bridgehead atoms. The molecule has 1 aliphatic rings. The normalized spacial score (nSPS) is 18.5. The third kappa shape index (κ3) is 3.13. The summed E-state index contributed by atoms with van der Waals surface area (Å²) in [6, 6.07) is 6.57. The number of aliphatic hydroxyl groups excluding tert-OH is 1. The molecule has 2 aromatic rings. The molecule has 112 valence electrons. The molecule has 1 aliphatic heterocycles. The second-order valence-electron chi connectivity index (χ2n) is 6.25. The van der Waals surface area contributed by atoms with Crippen LogP contribution in [0.4, 0.5) is 0 Å². The van der Waals surface area contributed by atoms with Gasteiger partial charge in [-0.15, -0.1) is 0 Å². The summed E-state index contributed by atoms with van der Waals surface area (Å²) in [5, 5.41) is 10.7. The van der Waals surface area contributed by atoms with Gasteiger partial charge in [-0.2, -0.15) is 0 Å². The third-order valence-electron chi connectivity index (χ3n) is 4.57. The molecule has 3 rings (SSSR count). The molecule has 0 radical (unpaired) electrons. The van der Waals surface area contributed by atoms with Gasteiger partial charge in [-0.05, 0) is 81.6 Å². The number of hydrogen-bond acceptors (Lipinski definition) is 2. The van der Waals surface area contributed by atoms with Gasteiger partial charge in [0.1, 0.15) is 0 Å². The van der Waals surface area contributed by atoms with E-state index in [1.165, 1.54) is 48.0 Å². The van der Waals surface area contributed by atoms with Crippen LogP contribution in [0.1, 0.15) is 36.8 Å². The van der Waals surface area contributed by atoms with Crippen molar-refractivity contribution in [2.24, 2.45) is 0 Å². The number of nitrogens with zero attached hydrogens (tertiary/aromatic N) is 1. The lowest BCUT2D eigenvalue weighted by Crippen LogP contribution is -2.29. The standard InChI is InChI=1S/C18H24N2O/c1-13(21)3-4-14-5-6-18-16(11-14)17(12-19-18)15-7-9-20(2)10-8-15/h3,5-6,11-12,15,19,21H,4,7-10H2,1-2H3. The Labute approximate surface area is 126 Å². The molecule has 0 atom stereocenters.